The number of nitrogens with two attached hydrogens (primary N) is 4. The summed E-state index contributed by atoms with van der Waals surface area (Å²) in [5, 5.41) is 74.3. The molecule has 0 saturated carbocycles. The van der Waals surface area contributed by atoms with E-state index in [0.29, 0.717) is 5.56 Å². The van der Waals surface area contributed by atoms with Crippen LogP contribution in [-0.2, 0) is 94.3 Å². The molecule has 2 aromatic rings. The topological polar surface area (TPSA) is 631 Å². The fraction of sp³-hybridized carbons (Fsp3) is 0.491. The standard InChI is InChI=1S/C57H80N16O22S2/c1-25(56(93)73-14-6-9-39(73)54(91)68-34(18-41(60)78)52(89)71-38(24-97)57(94)95)63-48(85)31(15-27-7-4-3-5-8-27)64-43(80)21-62-47(84)37(22-74)70-49(86)32(16-28-10-12-29(76)13-11-28)66-51(88)35(19-42(61)79)69-55(92)45(26(2)75)72-53(90)36(20-44(81)82)67-50(87)33(17-40(59)77)65-46(83)30(58)23-96/h3-5,7-8,10-13,25-26,30-39,45,74-76,96-97H,6,9,14-24,58H2,1-2H3,(H2,59,77)(H2,60,78)(H2,61,79)(H,62,84)(H,63,85)(H,64,80)(H,65,83)(H,66,88)(H,67,87)(H,68,91)(H,69,92)(H,70,86)(H,71,89)(H,72,90)(H,81,82)(H,94,95)/t25-,26+,30-,31-,32-,33-,34-,35-,36-,37-,38-,39-,45-/m0/s1. The zero-order valence-electron chi connectivity index (χ0n) is 52.2. The van der Waals surface area contributed by atoms with Gasteiger partial charge >= 0.3 is 11.9 Å². The number of aromatic hydroxyl groups is 1. The molecule has 0 unspecified atom stereocenters. The summed E-state index contributed by atoms with van der Waals surface area (Å²) in [6.45, 7) is 0.115. The quantitative estimate of drug-likeness (QED) is 0.0276. The molecule has 97 heavy (non-hydrogen) atoms. The zero-order chi connectivity index (χ0) is 73.0. The number of rotatable bonds is 40. The molecule has 40 heteroatoms. The Labute approximate surface area is 563 Å². The summed E-state index contributed by atoms with van der Waals surface area (Å²) in [6.07, 6.45) is -6.16. The number of primary amides is 3. The number of carbonyl (C=O) groups excluding carboxylic acids is 15. The molecule has 0 aliphatic carbocycles. The number of phenolic OH excluding ortho intramolecular Hbond substituents is 1. The average Bonchev–Trinajstić information content (AvgIpc) is 1.85. The Hall–Kier alpha value is -10.2. The second-order valence-electron chi connectivity index (χ2n) is 22.1. The summed E-state index contributed by atoms with van der Waals surface area (Å²) < 4.78 is 0. The number of aliphatic hydroxyl groups excluding tert-OH is 2. The third-order valence-electron chi connectivity index (χ3n) is 14.3. The maximum atomic E-state index is 14.1. The molecule has 0 bridgehead atoms. The van der Waals surface area contributed by atoms with Gasteiger partial charge in [0.05, 0.1) is 51.0 Å². The number of amides is 15. The second-order valence-corrected chi connectivity index (χ2v) is 22.8. The minimum atomic E-state index is -2.14. The Morgan fingerprint density at radius 2 is 0.969 bits per heavy atom. The van der Waals surface area contributed by atoms with Gasteiger partial charge in [0, 0.05) is 30.9 Å². The van der Waals surface area contributed by atoms with Crippen LogP contribution in [-0.4, -0.2) is 241 Å². The van der Waals surface area contributed by atoms with Gasteiger partial charge in [0.2, 0.25) is 88.6 Å². The number of carbonyl (C=O) groups is 17. The molecule has 0 radical (unpaired) electrons. The highest BCUT2D eigenvalue weighted by molar-refractivity contribution is 7.80. The lowest BCUT2D eigenvalue weighted by atomic mass is 10.0. The highest BCUT2D eigenvalue weighted by Crippen LogP contribution is 2.20. The second kappa shape index (κ2) is 39.6. The van der Waals surface area contributed by atoms with E-state index in [1.54, 1.807) is 30.3 Å². The number of nitrogens with one attached hydrogen (secondary N) is 11. The van der Waals surface area contributed by atoms with Crippen molar-refractivity contribution >= 4 is 126 Å². The van der Waals surface area contributed by atoms with Crippen molar-refractivity contribution in [2.75, 3.05) is 31.2 Å². The van der Waals surface area contributed by atoms with Crippen molar-refractivity contribution in [2.45, 2.75) is 144 Å². The maximum Gasteiger partial charge on any atom is 0.327 e. The van der Waals surface area contributed by atoms with Crippen molar-refractivity contribution in [3.63, 3.8) is 0 Å². The Morgan fingerprint density at radius 1 is 0.526 bits per heavy atom. The van der Waals surface area contributed by atoms with Crippen LogP contribution in [0.1, 0.15) is 63.5 Å². The molecule has 1 saturated heterocycles. The number of aliphatic carboxylic acids is 2. The lowest BCUT2D eigenvalue weighted by Crippen LogP contribution is -2.62. The van der Waals surface area contributed by atoms with E-state index >= 15 is 0 Å². The summed E-state index contributed by atoms with van der Waals surface area (Å²) in [5.41, 5.74) is 22.3. The smallest absolute Gasteiger partial charge is 0.327 e. The van der Waals surface area contributed by atoms with Crippen LogP contribution in [0.5, 0.6) is 5.75 Å². The van der Waals surface area contributed by atoms with Gasteiger partial charge in [0.25, 0.3) is 0 Å². The minimum Gasteiger partial charge on any atom is -0.508 e. The summed E-state index contributed by atoms with van der Waals surface area (Å²) in [5.74, 6) is -21.2. The molecule has 1 aliphatic rings. The van der Waals surface area contributed by atoms with E-state index in [4.69, 9.17) is 22.9 Å². The van der Waals surface area contributed by atoms with Crippen molar-refractivity contribution in [3.05, 3.63) is 65.7 Å². The fourth-order valence-corrected chi connectivity index (χ4v) is 9.65. The summed E-state index contributed by atoms with van der Waals surface area (Å²) >= 11 is 7.76. The van der Waals surface area contributed by atoms with E-state index in [0.717, 1.165) is 11.8 Å². The summed E-state index contributed by atoms with van der Waals surface area (Å²) in [4.78, 5) is 223. The van der Waals surface area contributed by atoms with Gasteiger partial charge in [0.15, 0.2) is 0 Å². The van der Waals surface area contributed by atoms with Crippen LogP contribution < -0.4 is 81.4 Å². The predicted octanol–water partition coefficient (Wildman–Crippen LogP) is -10.1. The molecule has 38 nitrogen and oxygen atoms in total. The number of thiol groups is 2. The van der Waals surface area contributed by atoms with Gasteiger partial charge in [-0.05, 0) is 49.9 Å². The first-order valence-corrected chi connectivity index (χ1v) is 30.8. The van der Waals surface area contributed by atoms with E-state index < -0.39 is 224 Å². The van der Waals surface area contributed by atoms with Crippen molar-refractivity contribution in [1.29, 1.82) is 0 Å². The maximum absolute atomic E-state index is 14.1. The Morgan fingerprint density at radius 3 is 1.46 bits per heavy atom. The molecule has 0 spiro atoms. The van der Waals surface area contributed by atoms with Gasteiger partial charge in [-0.25, -0.2) is 4.79 Å². The summed E-state index contributed by atoms with van der Waals surface area (Å²) in [6, 6.07) is -7.33. The average molecular weight is 1410 g/mol. The predicted molar refractivity (Wildman–Crippen MR) is 340 cm³/mol. The summed E-state index contributed by atoms with van der Waals surface area (Å²) in [7, 11) is 0. The molecule has 13 atom stereocenters. The monoisotopic (exact) mass is 1400 g/mol. The first-order chi connectivity index (χ1) is 45.6. The van der Waals surface area contributed by atoms with Crippen LogP contribution in [0.15, 0.2) is 54.6 Å². The zero-order valence-corrected chi connectivity index (χ0v) is 54.0. The highest BCUT2D eigenvalue weighted by Gasteiger charge is 2.41. The van der Waals surface area contributed by atoms with Crippen LogP contribution >= 0.6 is 25.3 Å². The number of phenols is 1. The van der Waals surface area contributed by atoms with E-state index in [1.807, 2.05) is 10.6 Å². The van der Waals surface area contributed by atoms with Crippen LogP contribution in [0.25, 0.3) is 0 Å². The minimum absolute atomic E-state index is 0.00959. The normalized spacial score (nSPS) is 16.2. The highest BCUT2D eigenvalue weighted by atomic mass is 32.1. The third kappa shape index (κ3) is 27.2. The molecule has 1 aliphatic heterocycles. The lowest BCUT2D eigenvalue weighted by Gasteiger charge is -2.29. The Balaban J connectivity index is 1.81. The van der Waals surface area contributed by atoms with E-state index in [-0.39, 0.29) is 48.6 Å². The van der Waals surface area contributed by atoms with Gasteiger partial charge in [-0.1, -0.05) is 42.5 Å². The molecule has 532 valence electrons. The van der Waals surface area contributed by atoms with Crippen molar-refractivity contribution in [2.24, 2.45) is 22.9 Å². The number of nitrogens with zero attached hydrogens (tertiary/aromatic N) is 1. The number of carboxylic acids is 2. The fourth-order valence-electron chi connectivity index (χ4n) is 9.23. The van der Waals surface area contributed by atoms with E-state index in [1.165, 1.54) is 31.2 Å². The first-order valence-electron chi connectivity index (χ1n) is 29.6. The number of benzene rings is 2. The Bertz CT molecular complexity index is 3220. The third-order valence-corrected chi connectivity index (χ3v) is 15.0. The van der Waals surface area contributed by atoms with Gasteiger partial charge in [-0.2, -0.15) is 25.3 Å². The van der Waals surface area contributed by atoms with Gasteiger partial charge in [0.1, 0.15) is 72.2 Å². The van der Waals surface area contributed by atoms with Crippen molar-refractivity contribution in [3.8, 4) is 5.75 Å². The largest absolute Gasteiger partial charge is 0.508 e. The molecule has 1 fully saturated rings. The van der Waals surface area contributed by atoms with E-state index in [2.05, 4.69) is 73.1 Å². The van der Waals surface area contributed by atoms with Gasteiger partial charge in [-0.15, -0.1) is 0 Å². The molecular weight excluding hydrogens is 1320 g/mol. The molecule has 15 amide bonds. The van der Waals surface area contributed by atoms with Gasteiger partial charge < -0.3 is 112 Å². The van der Waals surface area contributed by atoms with E-state index in [9.17, 15) is 107 Å². The number of likely N-dealkylation sites (tertiary alicyclic amines) is 1. The van der Waals surface area contributed by atoms with Crippen LogP contribution in [0, 0.1) is 0 Å². The lowest BCUT2D eigenvalue weighted by molar-refractivity contribution is -0.143. The SMILES string of the molecule is C[C@H](NC(=O)[C@H](Cc1ccccc1)NC(=O)CNC(=O)[C@H](CO)NC(=O)[C@H](Cc1ccc(O)cc1)NC(=O)[C@H](CC(N)=O)NC(=O)[C@@H](NC(=O)[C@H](CC(=O)O)NC(=O)[C@H](CC(N)=O)NC(=O)[C@@H](N)CS)[C@@H](C)O)C(=O)N1CCC[C@H]1C(=O)N[C@@H](CC(N)=O)C(=O)N[C@@H](CS)C(=O)O. The van der Waals surface area contributed by atoms with Crippen LogP contribution in [0.2, 0.25) is 0 Å². The molecule has 3 rings (SSSR count). The number of carboxylic acid groups (broad SMARTS) is 2. The van der Waals surface area contributed by atoms with Crippen LogP contribution in [0.4, 0.5) is 0 Å². The molecule has 1 heterocycles. The molecule has 0 aromatic heterocycles. The van der Waals surface area contributed by atoms with Gasteiger partial charge in [-0.3, -0.25) is 76.7 Å². The molecular formula is C57H80N16O22S2. The Kier molecular flexibility index (Phi) is 33.1. The number of aliphatic hydroxyl groups is 2. The molecule has 24 N–H and O–H groups in total. The first kappa shape index (κ1) is 81.0. The van der Waals surface area contributed by atoms with Crippen LogP contribution in [0.3, 0.4) is 0 Å². The van der Waals surface area contributed by atoms with Crippen molar-refractivity contribution < 1.29 is 107 Å². The van der Waals surface area contributed by atoms with Crippen molar-refractivity contribution in [1.82, 2.24) is 63.4 Å². The number of hydrogen-bond donors (Lipinski definition) is 22. The molecule has 2 aromatic carbocycles. The number of hydrogen-bond acceptors (Lipinski definition) is 23.